The zero-order valence-corrected chi connectivity index (χ0v) is 14.8. The third kappa shape index (κ3) is 4.67. The predicted octanol–water partition coefficient (Wildman–Crippen LogP) is 1.50. The largest absolute Gasteiger partial charge is 0.355 e. The Balaban J connectivity index is 1.45. The molecule has 1 aromatic heterocycles. The van der Waals surface area contributed by atoms with Crippen molar-refractivity contribution in [3.05, 3.63) is 17.8 Å². The van der Waals surface area contributed by atoms with Crippen LogP contribution < -0.4 is 15.5 Å². The van der Waals surface area contributed by atoms with E-state index in [0.717, 1.165) is 31.7 Å². The highest BCUT2D eigenvalue weighted by Crippen LogP contribution is 2.27. The lowest BCUT2D eigenvalue weighted by Gasteiger charge is -2.33. The standard InChI is InChI=1S/C18H27N5O2/c1-19-18(25)15-6-7-16(22-21-15)23-10-8-14(9-11-23)20-17(24)12-13-4-2-3-5-13/h6-7,13-14H,2-5,8-12H2,1H3,(H,19,25)(H,20,24). The Morgan fingerprint density at radius 2 is 1.84 bits per heavy atom. The Morgan fingerprint density at radius 3 is 2.44 bits per heavy atom. The lowest BCUT2D eigenvalue weighted by molar-refractivity contribution is -0.122. The molecule has 2 heterocycles. The monoisotopic (exact) mass is 345 g/mol. The van der Waals surface area contributed by atoms with E-state index in [-0.39, 0.29) is 17.9 Å². The summed E-state index contributed by atoms with van der Waals surface area (Å²) in [5.41, 5.74) is 0.320. The molecule has 7 nitrogen and oxygen atoms in total. The molecule has 0 unspecified atom stereocenters. The maximum Gasteiger partial charge on any atom is 0.271 e. The number of rotatable bonds is 5. The molecule has 1 aromatic rings. The highest BCUT2D eigenvalue weighted by atomic mass is 16.2. The molecule has 7 heteroatoms. The molecule has 0 bridgehead atoms. The van der Waals surface area contributed by atoms with E-state index in [9.17, 15) is 9.59 Å². The number of hydrogen-bond acceptors (Lipinski definition) is 5. The first-order chi connectivity index (χ1) is 12.2. The fourth-order valence-electron chi connectivity index (χ4n) is 3.76. The van der Waals surface area contributed by atoms with Crippen LogP contribution in [0.5, 0.6) is 0 Å². The molecule has 2 N–H and O–H groups in total. The molecule has 0 radical (unpaired) electrons. The number of aromatic nitrogens is 2. The molecule has 136 valence electrons. The Kier molecular flexibility index (Phi) is 5.83. The third-order valence-corrected chi connectivity index (χ3v) is 5.24. The average molecular weight is 345 g/mol. The van der Waals surface area contributed by atoms with E-state index in [1.807, 2.05) is 6.07 Å². The van der Waals surface area contributed by atoms with Crippen LogP contribution in [-0.4, -0.2) is 48.2 Å². The van der Waals surface area contributed by atoms with Crippen LogP contribution in [0, 0.1) is 5.92 Å². The van der Waals surface area contributed by atoms with Gasteiger partial charge in [0.25, 0.3) is 5.91 Å². The van der Waals surface area contributed by atoms with E-state index in [2.05, 4.69) is 25.7 Å². The Hall–Kier alpha value is -2.18. The van der Waals surface area contributed by atoms with Crippen molar-refractivity contribution in [2.45, 2.75) is 51.0 Å². The number of carbonyl (C=O) groups is 2. The van der Waals surface area contributed by atoms with E-state index in [1.165, 1.54) is 25.7 Å². The van der Waals surface area contributed by atoms with Gasteiger partial charge in [0.2, 0.25) is 5.91 Å². The second kappa shape index (κ2) is 8.27. The molecule has 1 aliphatic heterocycles. The maximum atomic E-state index is 12.2. The first-order valence-electron chi connectivity index (χ1n) is 9.26. The van der Waals surface area contributed by atoms with Gasteiger partial charge in [-0.15, -0.1) is 10.2 Å². The smallest absolute Gasteiger partial charge is 0.271 e. The van der Waals surface area contributed by atoms with Gasteiger partial charge in [-0.2, -0.15) is 0 Å². The molecule has 3 rings (SSSR count). The van der Waals surface area contributed by atoms with E-state index in [1.54, 1.807) is 13.1 Å². The molecule has 1 saturated heterocycles. The van der Waals surface area contributed by atoms with E-state index in [4.69, 9.17) is 0 Å². The van der Waals surface area contributed by atoms with Gasteiger partial charge in [-0.05, 0) is 43.7 Å². The van der Waals surface area contributed by atoms with Crippen LogP contribution in [-0.2, 0) is 4.79 Å². The lowest BCUT2D eigenvalue weighted by atomic mass is 10.0. The van der Waals surface area contributed by atoms with Crippen LogP contribution in [0.25, 0.3) is 0 Å². The number of nitrogens with zero attached hydrogens (tertiary/aromatic N) is 3. The summed E-state index contributed by atoms with van der Waals surface area (Å²) in [6, 6.07) is 3.77. The molecule has 0 aromatic carbocycles. The first kappa shape index (κ1) is 17.6. The summed E-state index contributed by atoms with van der Waals surface area (Å²) in [6.45, 7) is 1.67. The second-order valence-electron chi connectivity index (χ2n) is 7.04. The van der Waals surface area contributed by atoms with Crippen LogP contribution in [0.3, 0.4) is 0 Å². The van der Waals surface area contributed by atoms with Gasteiger partial charge in [-0.1, -0.05) is 12.8 Å². The van der Waals surface area contributed by atoms with Gasteiger partial charge in [-0.3, -0.25) is 9.59 Å². The van der Waals surface area contributed by atoms with E-state index >= 15 is 0 Å². The molecular weight excluding hydrogens is 318 g/mol. The van der Waals surface area contributed by atoms with Crippen molar-refractivity contribution >= 4 is 17.6 Å². The summed E-state index contributed by atoms with van der Waals surface area (Å²) in [4.78, 5) is 25.8. The van der Waals surface area contributed by atoms with Crippen LogP contribution >= 0.6 is 0 Å². The SMILES string of the molecule is CNC(=O)c1ccc(N2CCC(NC(=O)CC3CCCC3)CC2)nn1. The summed E-state index contributed by atoms with van der Waals surface area (Å²) in [5.74, 6) is 1.35. The molecule has 0 spiro atoms. The van der Waals surface area contributed by atoms with Gasteiger partial charge in [0.1, 0.15) is 0 Å². The summed E-state index contributed by atoms with van der Waals surface area (Å²) in [6.07, 6.45) is 7.47. The molecule has 0 atom stereocenters. The van der Waals surface area contributed by atoms with Crippen molar-refractivity contribution in [3.8, 4) is 0 Å². The molecule has 2 amide bonds. The van der Waals surface area contributed by atoms with Crippen molar-refractivity contribution in [1.82, 2.24) is 20.8 Å². The topological polar surface area (TPSA) is 87.2 Å². The van der Waals surface area contributed by atoms with Crippen molar-refractivity contribution in [2.24, 2.45) is 5.92 Å². The molecule has 2 fully saturated rings. The average Bonchev–Trinajstić information content (AvgIpc) is 3.14. The zero-order valence-electron chi connectivity index (χ0n) is 14.8. The van der Waals surface area contributed by atoms with Gasteiger partial charge < -0.3 is 15.5 Å². The Bertz CT molecular complexity index is 590. The highest BCUT2D eigenvalue weighted by Gasteiger charge is 2.24. The third-order valence-electron chi connectivity index (χ3n) is 5.24. The maximum absolute atomic E-state index is 12.2. The molecule has 25 heavy (non-hydrogen) atoms. The number of anilines is 1. The van der Waals surface area contributed by atoms with Crippen molar-refractivity contribution in [3.63, 3.8) is 0 Å². The Morgan fingerprint density at radius 1 is 1.12 bits per heavy atom. The van der Waals surface area contributed by atoms with E-state index in [0.29, 0.717) is 18.0 Å². The normalized spacial score (nSPS) is 19.0. The summed E-state index contributed by atoms with van der Waals surface area (Å²) in [7, 11) is 1.57. The number of carbonyl (C=O) groups excluding carboxylic acids is 2. The number of piperidine rings is 1. The number of hydrogen-bond donors (Lipinski definition) is 2. The molecular formula is C18H27N5O2. The fraction of sp³-hybridized carbons (Fsp3) is 0.667. The van der Waals surface area contributed by atoms with Gasteiger partial charge >= 0.3 is 0 Å². The molecule has 2 aliphatic rings. The summed E-state index contributed by atoms with van der Waals surface area (Å²) >= 11 is 0. The van der Waals surface area contributed by atoms with Crippen LogP contribution in [0.2, 0.25) is 0 Å². The van der Waals surface area contributed by atoms with Crippen LogP contribution in [0.15, 0.2) is 12.1 Å². The van der Waals surface area contributed by atoms with Gasteiger partial charge in [0.05, 0.1) is 0 Å². The summed E-state index contributed by atoms with van der Waals surface area (Å²) < 4.78 is 0. The van der Waals surface area contributed by atoms with Crippen LogP contribution in [0.1, 0.15) is 55.4 Å². The second-order valence-corrected chi connectivity index (χ2v) is 7.04. The predicted molar refractivity (Wildman–Crippen MR) is 95.4 cm³/mol. The van der Waals surface area contributed by atoms with Gasteiger partial charge in [-0.25, -0.2) is 0 Å². The van der Waals surface area contributed by atoms with Crippen molar-refractivity contribution in [2.75, 3.05) is 25.0 Å². The minimum absolute atomic E-state index is 0.208. The zero-order chi connectivity index (χ0) is 17.6. The number of nitrogens with one attached hydrogen (secondary N) is 2. The van der Waals surface area contributed by atoms with Crippen molar-refractivity contribution < 1.29 is 9.59 Å². The lowest BCUT2D eigenvalue weighted by Crippen LogP contribution is -2.45. The molecule has 1 saturated carbocycles. The number of amides is 2. The fourth-order valence-corrected chi connectivity index (χ4v) is 3.76. The molecule has 1 aliphatic carbocycles. The minimum Gasteiger partial charge on any atom is -0.355 e. The van der Waals surface area contributed by atoms with Crippen LogP contribution in [0.4, 0.5) is 5.82 Å². The van der Waals surface area contributed by atoms with E-state index < -0.39 is 0 Å². The van der Waals surface area contributed by atoms with Crippen molar-refractivity contribution in [1.29, 1.82) is 0 Å². The first-order valence-corrected chi connectivity index (χ1v) is 9.26. The van der Waals surface area contributed by atoms with Gasteiger partial charge in [0, 0.05) is 32.6 Å². The van der Waals surface area contributed by atoms with Gasteiger partial charge in [0.15, 0.2) is 11.5 Å². The Labute approximate surface area is 148 Å². The summed E-state index contributed by atoms with van der Waals surface area (Å²) in [5, 5.41) is 13.9. The highest BCUT2D eigenvalue weighted by molar-refractivity contribution is 5.91. The minimum atomic E-state index is -0.234. The quantitative estimate of drug-likeness (QED) is 0.844.